The molecular weight excluding hydrogens is 307 g/mol. The number of fused-ring (bicyclic) bond motifs is 1. The number of hydrogen-bond donors (Lipinski definition) is 0. The minimum Gasteiger partial charge on any atom is -0.477 e. The lowest BCUT2D eigenvalue weighted by molar-refractivity contribution is 0.331. The zero-order valence-corrected chi connectivity index (χ0v) is 12.8. The Morgan fingerprint density at radius 3 is 2.62 bits per heavy atom. The molecule has 0 bridgehead atoms. The summed E-state index contributed by atoms with van der Waals surface area (Å²) >= 11 is 12.2. The van der Waals surface area contributed by atoms with E-state index in [1.807, 2.05) is 37.3 Å². The van der Waals surface area contributed by atoms with Gasteiger partial charge in [-0.15, -0.1) is 0 Å². The summed E-state index contributed by atoms with van der Waals surface area (Å²) < 4.78 is 5.62. The van der Waals surface area contributed by atoms with Crippen molar-refractivity contribution in [1.82, 2.24) is 9.97 Å². The van der Waals surface area contributed by atoms with Crippen molar-refractivity contribution in [3.8, 4) is 17.3 Å². The van der Waals surface area contributed by atoms with Crippen molar-refractivity contribution in [2.75, 3.05) is 6.61 Å². The molecule has 0 aliphatic rings. The number of benzene rings is 2. The van der Waals surface area contributed by atoms with Gasteiger partial charge in [0.15, 0.2) is 5.82 Å². The lowest BCUT2D eigenvalue weighted by Crippen LogP contribution is -1.99. The predicted octanol–water partition coefficient (Wildman–Crippen LogP) is 5.00. The van der Waals surface area contributed by atoms with Crippen LogP contribution in [0.2, 0.25) is 10.0 Å². The van der Waals surface area contributed by atoms with Crippen LogP contribution in [0.5, 0.6) is 5.88 Å². The number of nitrogens with zero attached hydrogens (tertiary/aromatic N) is 2. The van der Waals surface area contributed by atoms with Crippen molar-refractivity contribution in [2.24, 2.45) is 0 Å². The van der Waals surface area contributed by atoms with Gasteiger partial charge in [-0.1, -0.05) is 35.3 Å². The van der Waals surface area contributed by atoms with Gasteiger partial charge in [0.2, 0.25) is 5.88 Å². The first-order chi connectivity index (χ1) is 10.2. The molecule has 0 aliphatic carbocycles. The van der Waals surface area contributed by atoms with Gasteiger partial charge in [-0.3, -0.25) is 0 Å². The summed E-state index contributed by atoms with van der Waals surface area (Å²) in [4.78, 5) is 9.05. The van der Waals surface area contributed by atoms with E-state index in [0.717, 1.165) is 16.5 Å². The second-order valence-electron chi connectivity index (χ2n) is 4.43. The maximum Gasteiger partial charge on any atom is 0.225 e. The van der Waals surface area contributed by atoms with E-state index in [1.54, 1.807) is 12.1 Å². The Hall–Kier alpha value is -1.84. The minimum absolute atomic E-state index is 0.514. The van der Waals surface area contributed by atoms with Crippen LogP contribution in [-0.4, -0.2) is 16.6 Å². The Bertz CT molecular complexity index is 805. The molecule has 1 aromatic heterocycles. The number of hydrogen-bond acceptors (Lipinski definition) is 3. The molecule has 0 atom stereocenters. The van der Waals surface area contributed by atoms with Crippen molar-refractivity contribution >= 4 is 34.1 Å². The van der Waals surface area contributed by atoms with Crippen LogP contribution in [0.3, 0.4) is 0 Å². The second kappa shape index (κ2) is 5.88. The normalized spacial score (nSPS) is 10.8. The third kappa shape index (κ3) is 2.80. The average Bonchev–Trinajstić information content (AvgIpc) is 2.47. The highest BCUT2D eigenvalue weighted by Gasteiger charge is 2.12. The maximum atomic E-state index is 6.24. The van der Waals surface area contributed by atoms with E-state index in [4.69, 9.17) is 27.9 Å². The molecule has 0 fully saturated rings. The molecule has 0 N–H and O–H groups in total. The summed E-state index contributed by atoms with van der Waals surface area (Å²) in [6, 6.07) is 13.0. The molecule has 0 saturated carbocycles. The number of ether oxygens (including phenoxy) is 1. The van der Waals surface area contributed by atoms with Crippen LogP contribution < -0.4 is 4.74 Å². The average molecular weight is 319 g/mol. The first-order valence-electron chi connectivity index (χ1n) is 6.54. The van der Waals surface area contributed by atoms with Gasteiger partial charge in [-0.25, -0.2) is 4.98 Å². The second-order valence-corrected chi connectivity index (χ2v) is 5.27. The third-order valence-corrected chi connectivity index (χ3v) is 3.57. The van der Waals surface area contributed by atoms with Crippen LogP contribution in [0.15, 0.2) is 42.5 Å². The highest BCUT2D eigenvalue weighted by Crippen LogP contribution is 2.31. The molecule has 106 valence electrons. The van der Waals surface area contributed by atoms with Gasteiger partial charge in [0, 0.05) is 10.6 Å². The summed E-state index contributed by atoms with van der Waals surface area (Å²) in [5, 5.41) is 1.97. The van der Waals surface area contributed by atoms with Crippen LogP contribution in [0.1, 0.15) is 6.92 Å². The minimum atomic E-state index is 0.514. The van der Waals surface area contributed by atoms with Crippen LogP contribution >= 0.6 is 23.2 Å². The van der Waals surface area contributed by atoms with Gasteiger partial charge in [0.05, 0.1) is 22.5 Å². The van der Waals surface area contributed by atoms with Gasteiger partial charge in [-0.2, -0.15) is 4.98 Å². The zero-order valence-electron chi connectivity index (χ0n) is 11.3. The van der Waals surface area contributed by atoms with E-state index < -0.39 is 0 Å². The van der Waals surface area contributed by atoms with Crippen molar-refractivity contribution in [3.05, 3.63) is 52.5 Å². The van der Waals surface area contributed by atoms with E-state index >= 15 is 0 Å². The molecule has 21 heavy (non-hydrogen) atoms. The smallest absolute Gasteiger partial charge is 0.225 e. The summed E-state index contributed by atoms with van der Waals surface area (Å²) in [6.07, 6.45) is 0. The fourth-order valence-electron chi connectivity index (χ4n) is 2.09. The first-order valence-corrected chi connectivity index (χ1v) is 7.29. The van der Waals surface area contributed by atoms with Gasteiger partial charge >= 0.3 is 0 Å². The molecular formula is C16H12Cl2N2O. The highest BCUT2D eigenvalue weighted by molar-refractivity contribution is 6.36. The molecule has 1 heterocycles. The zero-order chi connectivity index (χ0) is 14.8. The first kappa shape index (κ1) is 14.1. The van der Waals surface area contributed by atoms with Crippen molar-refractivity contribution in [2.45, 2.75) is 6.92 Å². The van der Waals surface area contributed by atoms with Crippen molar-refractivity contribution < 1.29 is 4.74 Å². The molecule has 5 heteroatoms. The molecule has 2 aromatic carbocycles. The number of aromatic nitrogens is 2. The van der Waals surface area contributed by atoms with Gasteiger partial charge in [0.1, 0.15) is 0 Å². The van der Waals surface area contributed by atoms with E-state index in [1.165, 1.54) is 0 Å². The summed E-state index contributed by atoms with van der Waals surface area (Å²) in [5.74, 6) is 1.09. The van der Waals surface area contributed by atoms with Crippen LogP contribution in [-0.2, 0) is 0 Å². The molecule has 0 unspecified atom stereocenters. The van der Waals surface area contributed by atoms with Gasteiger partial charge < -0.3 is 4.74 Å². The maximum absolute atomic E-state index is 6.24. The van der Waals surface area contributed by atoms with Gasteiger partial charge in [0.25, 0.3) is 0 Å². The predicted molar refractivity (Wildman–Crippen MR) is 86.2 cm³/mol. The Morgan fingerprint density at radius 2 is 1.86 bits per heavy atom. The largest absolute Gasteiger partial charge is 0.477 e. The Kier molecular flexibility index (Phi) is 3.95. The van der Waals surface area contributed by atoms with Crippen LogP contribution in [0.25, 0.3) is 22.3 Å². The third-order valence-electron chi connectivity index (χ3n) is 3.02. The topological polar surface area (TPSA) is 35.0 Å². The highest BCUT2D eigenvalue weighted by atomic mass is 35.5. The number of para-hydroxylation sites is 1. The fourth-order valence-corrected chi connectivity index (χ4v) is 2.58. The van der Waals surface area contributed by atoms with Crippen molar-refractivity contribution in [3.63, 3.8) is 0 Å². The molecule has 0 amide bonds. The molecule has 3 nitrogen and oxygen atoms in total. The summed E-state index contributed by atoms with van der Waals surface area (Å²) in [5.41, 5.74) is 1.55. The molecule has 0 spiro atoms. The lowest BCUT2D eigenvalue weighted by atomic mass is 10.2. The Morgan fingerprint density at radius 1 is 1.05 bits per heavy atom. The van der Waals surface area contributed by atoms with Crippen LogP contribution in [0.4, 0.5) is 0 Å². The van der Waals surface area contributed by atoms with Crippen LogP contribution in [0, 0.1) is 0 Å². The quantitative estimate of drug-likeness (QED) is 0.681. The van der Waals surface area contributed by atoms with E-state index in [0.29, 0.717) is 28.4 Å². The van der Waals surface area contributed by atoms with Gasteiger partial charge in [-0.05, 0) is 37.3 Å². The monoisotopic (exact) mass is 318 g/mol. The lowest BCUT2D eigenvalue weighted by Gasteiger charge is -2.10. The Labute approximate surface area is 132 Å². The van der Waals surface area contributed by atoms with E-state index in [-0.39, 0.29) is 0 Å². The standard InChI is InChI=1S/C16H12Cl2N2O/c1-2-21-16-12-5-3-4-6-14(12)19-15(20-16)11-8-7-10(17)9-13(11)18/h3-9H,2H2,1H3. The Balaban J connectivity index is 2.23. The summed E-state index contributed by atoms with van der Waals surface area (Å²) in [7, 11) is 0. The van der Waals surface area contributed by atoms with E-state index in [9.17, 15) is 0 Å². The SMILES string of the molecule is CCOc1nc(-c2ccc(Cl)cc2Cl)nc2ccccc12. The molecule has 3 aromatic rings. The van der Waals surface area contributed by atoms with E-state index in [2.05, 4.69) is 9.97 Å². The molecule has 3 rings (SSSR count). The number of rotatable bonds is 3. The molecule has 0 saturated heterocycles. The number of halogens is 2. The van der Waals surface area contributed by atoms with Crippen molar-refractivity contribution in [1.29, 1.82) is 0 Å². The fraction of sp³-hybridized carbons (Fsp3) is 0.125. The molecule has 0 radical (unpaired) electrons. The molecule has 0 aliphatic heterocycles. The summed E-state index contributed by atoms with van der Waals surface area (Å²) in [6.45, 7) is 2.46.